The second-order valence-corrected chi connectivity index (χ2v) is 6.52. The third kappa shape index (κ3) is 13.3. The lowest BCUT2D eigenvalue weighted by molar-refractivity contribution is -0.870. The Kier molecular flexibility index (Phi) is 8.83. The van der Waals surface area contributed by atoms with Gasteiger partial charge in [-0.25, -0.2) is 0 Å². The SMILES string of the molecule is C[N+](C)(C)CCCNC(=O)CCSCCC(N)=O. The number of thioether (sulfide) groups is 1. The van der Waals surface area contributed by atoms with Crippen LogP contribution in [-0.2, 0) is 9.59 Å². The summed E-state index contributed by atoms with van der Waals surface area (Å²) >= 11 is 1.59. The predicted octanol–water partition coefficient (Wildman–Crippen LogP) is 0.198. The van der Waals surface area contributed by atoms with Gasteiger partial charge in [-0.2, -0.15) is 11.8 Å². The van der Waals surface area contributed by atoms with E-state index < -0.39 is 0 Å². The summed E-state index contributed by atoms with van der Waals surface area (Å²) in [4.78, 5) is 21.9. The van der Waals surface area contributed by atoms with Crippen molar-refractivity contribution < 1.29 is 14.1 Å². The molecule has 0 spiro atoms. The largest absolute Gasteiger partial charge is 0.370 e. The van der Waals surface area contributed by atoms with E-state index in [2.05, 4.69) is 26.5 Å². The van der Waals surface area contributed by atoms with Gasteiger partial charge in [-0.1, -0.05) is 0 Å². The molecule has 0 bridgehead atoms. The molecule has 0 unspecified atom stereocenters. The summed E-state index contributed by atoms with van der Waals surface area (Å²) in [6.45, 7) is 1.79. The fourth-order valence-corrected chi connectivity index (χ4v) is 2.19. The van der Waals surface area contributed by atoms with Gasteiger partial charge >= 0.3 is 0 Å². The van der Waals surface area contributed by atoms with Gasteiger partial charge in [-0.05, 0) is 0 Å². The highest BCUT2D eigenvalue weighted by Crippen LogP contribution is 2.03. The van der Waals surface area contributed by atoms with Crippen molar-refractivity contribution in [3.63, 3.8) is 0 Å². The van der Waals surface area contributed by atoms with E-state index in [1.807, 2.05) is 0 Å². The van der Waals surface area contributed by atoms with Crippen LogP contribution in [0.5, 0.6) is 0 Å². The van der Waals surface area contributed by atoms with Crippen LogP contribution in [0.1, 0.15) is 19.3 Å². The van der Waals surface area contributed by atoms with Crippen molar-refractivity contribution in [2.24, 2.45) is 5.73 Å². The van der Waals surface area contributed by atoms with E-state index in [0.717, 1.165) is 29.7 Å². The van der Waals surface area contributed by atoms with Crippen LogP contribution in [0.25, 0.3) is 0 Å². The number of rotatable bonds is 10. The van der Waals surface area contributed by atoms with Crippen molar-refractivity contribution in [3.8, 4) is 0 Å². The highest BCUT2D eigenvalue weighted by Gasteiger charge is 2.06. The number of nitrogens with zero attached hydrogens (tertiary/aromatic N) is 1. The first-order valence-corrected chi connectivity index (χ1v) is 7.40. The molecular weight excluding hydrogens is 250 g/mol. The molecule has 0 fully saturated rings. The molecule has 2 amide bonds. The molecule has 0 radical (unpaired) electrons. The summed E-state index contributed by atoms with van der Waals surface area (Å²) in [7, 11) is 6.41. The molecule has 0 rings (SSSR count). The minimum absolute atomic E-state index is 0.0861. The summed E-state index contributed by atoms with van der Waals surface area (Å²) in [6.07, 6.45) is 1.88. The number of carbonyl (C=O) groups is 2. The summed E-state index contributed by atoms with van der Waals surface area (Å²) in [5, 5.41) is 2.90. The highest BCUT2D eigenvalue weighted by atomic mass is 32.2. The molecule has 0 aromatic rings. The molecular formula is C12H26N3O2S+. The Morgan fingerprint density at radius 1 is 1.17 bits per heavy atom. The number of nitrogens with two attached hydrogens (primary N) is 1. The number of amides is 2. The van der Waals surface area contributed by atoms with Crippen molar-refractivity contribution in [1.82, 2.24) is 5.32 Å². The van der Waals surface area contributed by atoms with Crippen molar-refractivity contribution in [1.29, 1.82) is 0 Å². The summed E-state index contributed by atoms with van der Waals surface area (Å²) < 4.78 is 0.916. The molecule has 0 saturated heterocycles. The summed E-state index contributed by atoms with van der Waals surface area (Å²) in [5.74, 6) is 1.24. The van der Waals surface area contributed by atoms with Gasteiger partial charge < -0.3 is 15.5 Å². The van der Waals surface area contributed by atoms with Gasteiger partial charge in [-0.3, -0.25) is 9.59 Å². The second-order valence-electron chi connectivity index (χ2n) is 5.30. The number of carbonyl (C=O) groups excluding carboxylic acids is 2. The van der Waals surface area contributed by atoms with Gasteiger partial charge in [0, 0.05) is 37.3 Å². The van der Waals surface area contributed by atoms with Gasteiger partial charge in [-0.15, -0.1) is 0 Å². The third-order valence-electron chi connectivity index (χ3n) is 2.29. The van der Waals surface area contributed by atoms with E-state index in [1.54, 1.807) is 11.8 Å². The van der Waals surface area contributed by atoms with E-state index in [9.17, 15) is 9.59 Å². The van der Waals surface area contributed by atoms with E-state index >= 15 is 0 Å². The lowest BCUT2D eigenvalue weighted by atomic mass is 10.3. The number of quaternary nitrogens is 1. The lowest BCUT2D eigenvalue weighted by Crippen LogP contribution is -2.37. The number of primary amides is 1. The average Bonchev–Trinajstić information content (AvgIpc) is 2.22. The number of hydrogen-bond acceptors (Lipinski definition) is 3. The first kappa shape index (κ1) is 17.2. The summed E-state index contributed by atoms with van der Waals surface area (Å²) in [5.41, 5.74) is 5.02. The minimum Gasteiger partial charge on any atom is -0.370 e. The zero-order valence-electron chi connectivity index (χ0n) is 11.7. The Hall–Kier alpha value is -0.750. The molecule has 0 atom stereocenters. The van der Waals surface area contributed by atoms with Crippen LogP contribution in [0.4, 0.5) is 0 Å². The van der Waals surface area contributed by atoms with Gasteiger partial charge in [0.05, 0.1) is 27.7 Å². The van der Waals surface area contributed by atoms with Crippen LogP contribution in [0.15, 0.2) is 0 Å². The Morgan fingerprint density at radius 3 is 2.33 bits per heavy atom. The van der Waals surface area contributed by atoms with Crippen molar-refractivity contribution in [2.45, 2.75) is 19.3 Å². The average molecular weight is 276 g/mol. The maximum atomic E-state index is 11.4. The van der Waals surface area contributed by atoms with Crippen LogP contribution in [0.2, 0.25) is 0 Å². The van der Waals surface area contributed by atoms with E-state index in [1.165, 1.54) is 0 Å². The molecule has 0 aliphatic carbocycles. The molecule has 0 aromatic heterocycles. The third-order valence-corrected chi connectivity index (χ3v) is 3.28. The zero-order chi connectivity index (χ0) is 14.0. The number of hydrogen-bond donors (Lipinski definition) is 2. The van der Waals surface area contributed by atoms with Crippen molar-refractivity contribution in [3.05, 3.63) is 0 Å². The molecule has 5 nitrogen and oxygen atoms in total. The van der Waals surface area contributed by atoms with Gasteiger partial charge in [0.25, 0.3) is 0 Å². The molecule has 0 aliphatic heterocycles. The maximum Gasteiger partial charge on any atom is 0.220 e. The van der Waals surface area contributed by atoms with Gasteiger partial charge in [0.15, 0.2) is 0 Å². The molecule has 0 heterocycles. The van der Waals surface area contributed by atoms with Crippen molar-refractivity contribution in [2.75, 3.05) is 45.7 Å². The number of nitrogens with one attached hydrogen (secondary N) is 1. The first-order chi connectivity index (χ1) is 8.31. The van der Waals surface area contributed by atoms with E-state index in [0.29, 0.717) is 18.6 Å². The van der Waals surface area contributed by atoms with Crippen LogP contribution in [0, 0.1) is 0 Å². The van der Waals surface area contributed by atoms with Gasteiger partial charge in [0.1, 0.15) is 0 Å². The molecule has 3 N–H and O–H groups in total. The van der Waals surface area contributed by atoms with Crippen LogP contribution in [0.3, 0.4) is 0 Å². The van der Waals surface area contributed by atoms with Crippen LogP contribution >= 0.6 is 11.8 Å². The lowest BCUT2D eigenvalue weighted by Gasteiger charge is -2.23. The molecule has 0 aliphatic rings. The fraction of sp³-hybridized carbons (Fsp3) is 0.833. The molecule has 18 heavy (non-hydrogen) atoms. The topological polar surface area (TPSA) is 72.2 Å². The van der Waals surface area contributed by atoms with Gasteiger partial charge in [0.2, 0.25) is 11.8 Å². The van der Waals surface area contributed by atoms with Crippen LogP contribution < -0.4 is 11.1 Å². The Labute approximate surface area is 114 Å². The quantitative estimate of drug-likeness (QED) is 0.442. The molecule has 0 aromatic carbocycles. The molecule has 6 heteroatoms. The minimum atomic E-state index is -0.285. The normalized spacial score (nSPS) is 11.3. The zero-order valence-corrected chi connectivity index (χ0v) is 12.5. The first-order valence-electron chi connectivity index (χ1n) is 6.24. The Bertz CT molecular complexity index is 265. The summed E-state index contributed by atoms with van der Waals surface area (Å²) in [6, 6.07) is 0. The highest BCUT2D eigenvalue weighted by molar-refractivity contribution is 7.99. The van der Waals surface area contributed by atoms with Crippen LogP contribution in [-0.4, -0.2) is 62.0 Å². The Morgan fingerprint density at radius 2 is 1.78 bits per heavy atom. The second kappa shape index (κ2) is 9.22. The Balaban J connectivity index is 3.35. The molecule has 106 valence electrons. The maximum absolute atomic E-state index is 11.4. The fourth-order valence-electron chi connectivity index (χ4n) is 1.31. The standard InChI is InChI=1S/C12H25N3O2S/c1-15(2,3)8-4-7-14-12(17)6-10-18-9-5-11(13)16/h4-10H2,1-3H3,(H2-,13,14,16,17)/p+1. The van der Waals surface area contributed by atoms with Crippen molar-refractivity contribution >= 4 is 23.6 Å². The smallest absolute Gasteiger partial charge is 0.220 e. The monoisotopic (exact) mass is 276 g/mol. The van der Waals surface area contributed by atoms with E-state index in [4.69, 9.17) is 5.73 Å². The predicted molar refractivity (Wildman–Crippen MR) is 76.3 cm³/mol. The molecule has 0 saturated carbocycles. The van der Waals surface area contributed by atoms with E-state index in [-0.39, 0.29) is 11.8 Å².